The van der Waals surface area contributed by atoms with Gasteiger partial charge in [-0.25, -0.2) is 4.90 Å². The predicted octanol–water partition coefficient (Wildman–Crippen LogP) is 2.53. The number of likely N-dealkylation sites (N-methyl/N-ethyl adjacent to an activating group) is 1. The molecule has 0 radical (unpaired) electrons. The lowest BCUT2D eigenvalue weighted by molar-refractivity contribution is -0.138. The molecule has 152 valence electrons. The topological polar surface area (TPSA) is 60.9 Å². The Hall–Kier alpha value is -2.99. The maximum Gasteiger partial charge on any atom is 0.252 e. The molecule has 0 aliphatic carbocycles. The average Bonchev–Trinajstić information content (AvgIpc) is 3.32. The van der Waals surface area contributed by atoms with Crippen molar-refractivity contribution < 1.29 is 14.4 Å². The Labute approximate surface area is 175 Å². The monoisotopic (exact) mass is 401 g/mol. The Morgan fingerprint density at radius 3 is 2.43 bits per heavy atom. The largest absolute Gasteiger partial charge is 0.313 e. The molecule has 2 aromatic rings. The van der Waals surface area contributed by atoms with E-state index in [1.165, 1.54) is 4.90 Å². The fourth-order valence-electron chi connectivity index (χ4n) is 6.44. The first kappa shape index (κ1) is 17.8. The minimum atomic E-state index is -1.09. The summed E-state index contributed by atoms with van der Waals surface area (Å²) < 4.78 is 0. The number of nitrogens with zero attached hydrogens (tertiary/aromatic N) is 3. The van der Waals surface area contributed by atoms with Crippen LogP contribution in [0.2, 0.25) is 0 Å². The van der Waals surface area contributed by atoms with Crippen LogP contribution in [0.4, 0.5) is 11.4 Å². The van der Waals surface area contributed by atoms with E-state index in [0.717, 1.165) is 37.1 Å². The highest BCUT2D eigenvalue weighted by Crippen LogP contribution is 2.61. The van der Waals surface area contributed by atoms with Crippen molar-refractivity contribution in [2.45, 2.75) is 30.8 Å². The van der Waals surface area contributed by atoms with Crippen LogP contribution in [-0.4, -0.2) is 42.3 Å². The minimum Gasteiger partial charge on any atom is -0.313 e. The number of carbonyl (C=O) groups is 3. The van der Waals surface area contributed by atoms with Crippen LogP contribution >= 0.6 is 0 Å². The van der Waals surface area contributed by atoms with E-state index in [1.807, 2.05) is 42.5 Å². The third-order valence-electron chi connectivity index (χ3n) is 7.54. The van der Waals surface area contributed by atoms with E-state index < -0.39 is 17.4 Å². The maximum atomic E-state index is 13.9. The molecule has 4 aliphatic heterocycles. The van der Waals surface area contributed by atoms with Crippen molar-refractivity contribution in [2.24, 2.45) is 11.8 Å². The van der Waals surface area contributed by atoms with E-state index in [-0.39, 0.29) is 23.8 Å². The Morgan fingerprint density at radius 2 is 1.63 bits per heavy atom. The third-order valence-corrected chi connectivity index (χ3v) is 7.54. The first-order valence-corrected chi connectivity index (χ1v) is 10.7. The van der Waals surface area contributed by atoms with E-state index in [1.54, 1.807) is 24.1 Å². The number of imide groups is 1. The Kier molecular flexibility index (Phi) is 3.58. The molecular weight excluding hydrogens is 378 g/mol. The number of benzene rings is 2. The molecule has 3 fully saturated rings. The van der Waals surface area contributed by atoms with Crippen LogP contribution in [0.1, 0.15) is 24.8 Å². The van der Waals surface area contributed by atoms with Crippen molar-refractivity contribution in [1.82, 2.24) is 4.90 Å². The second-order valence-electron chi connectivity index (χ2n) is 8.76. The van der Waals surface area contributed by atoms with Gasteiger partial charge in [0.2, 0.25) is 11.8 Å². The normalized spacial score (nSPS) is 32.7. The van der Waals surface area contributed by atoms with Gasteiger partial charge in [-0.2, -0.15) is 0 Å². The fraction of sp³-hybridized carbons (Fsp3) is 0.375. The fourth-order valence-corrected chi connectivity index (χ4v) is 6.44. The average molecular weight is 401 g/mol. The van der Waals surface area contributed by atoms with Gasteiger partial charge in [-0.3, -0.25) is 19.3 Å². The van der Waals surface area contributed by atoms with Crippen molar-refractivity contribution in [3.8, 4) is 0 Å². The summed E-state index contributed by atoms with van der Waals surface area (Å²) in [6.07, 6.45) is 2.82. The lowest BCUT2D eigenvalue weighted by Crippen LogP contribution is -2.57. The molecule has 30 heavy (non-hydrogen) atoms. The number of piperidine rings is 1. The lowest BCUT2D eigenvalue weighted by atomic mass is 9.76. The summed E-state index contributed by atoms with van der Waals surface area (Å²) in [6.45, 7) is 0.734. The summed E-state index contributed by atoms with van der Waals surface area (Å²) in [5, 5.41) is 0. The number of para-hydroxylation sites is 2. The molecule has 1 spiro atoms. The first-order valence-electron chi connectivity index (χ1n) is 10.7. The van der Waals surface area contributed by atoms with Crippen molar-refractivity contribution in [3.63, 3.8) is 0 Å². The zero-order valence-electron chi connectivity index (χ0n) is 16.8. The summed E-state index contributed by atoms with van der Waals surface area (Å²) in [7, 11) is 1.78. The number of amides is 3. The highest BCUT2D eigenvalue weighted by molar-refractivity contribution is 6.26. The quantitative estimate of drug-likeness (QED) is 0.689. The van der Waals surface area contributed by atoms with Gasteiger partial charge in [0.15, 0.2) is 0 Å². The molecular formula is C24H23N3O3. The van der Waals surface area contributed by atoms with Crippen LogP contribution in [0, 0.1) is 11.8 Å². The third kappa shape index (κ3) is 1.90. The summed E-state index contributed by atoms with van der Waals surface area (Å²) in [6, 6.07) is 16.8. The molecule has 2 aromatic carbocycles. The molecule has 3 amide bonds. The maximum absolute atomic E-state index is 13.9. The van der Waals surface area contributed by atoms with Gasteiger partial charge in [-0.1, -0.05) is 42.8 Å². The molecule has 4 heterocycles. The van der Waals surface area contributed by atoms with Crippen molar-refractivity contribution in [2.75, 3.05) is 23.4 Å². The summed E-state index contributed by atoms with van der Waals surface area (Å²) in [5.74, 6) is -1.67. The van der Waals surface area contributed by atoms with Crippen LogP contribution in [-0.2, 0) is 19.9 Å². The van der Waals surface area contributed by atoms with Crippen molar-refractivity contribution >= 4 is 29.1 Å². The van der Waals surface area contributed by atoms with Gasteiger partial charge in [0.1, 0.15) is 5.54 Å². The SMILES string of the molecule is CN1C(=O)[C@@]2(c3ccccc31)[C@H]1C(=O)N(c3ccccc3)C(=O)[C@@H]1[C@H]1CCCCN12. The van der Waals surface area contributed by atoms with Crippen LogP contribution in [0.3, 0.4) is 0 Å². The number of fused-ring (bicyclic) bond motifs is 7. The second kappa shape index (κ2) is 6.01. The molecule has 6 rings (SSSR count). The van der Waals surface area contributed by atoms with E-state index in [9.17, 15) is 14.4 Å². The van der Waals surface area contributed by atoms with Gasteiger partial charge in [-0.15, -0.1) is 0 Å². The van der Waals surface area contributed by atoms with Gasteiger partial charge >= 0.3 is 0 Å². The molecule has 0 N–H and O–H groups in total. The van der Waals surface area contributed by atoms with Gasteiger partial charge in [0.05, 0.1) is 17.5 Å². The van der Waals surface area contributed by atoms with Gasteiger partial charge < -0.3 is 4.90 Å². The first-order chi connectivity index (χ1) is 14.6. The summed E-state index contributed by atoms with van der Waals surface area (Å²) in [4.78, 5) is 46.6. The number of carbonyl (C=O) groups excluding carboxylic acids is 3. The minimum absolute atomic E-state index is 0.0841. The molecule has 0 aromatic heterocycles. The second-order valence-corrected chi connectivity index (χ2v) is 8.76. The summed E-state index contributed by atoms with van der Waals surface area (Å²) >= 11 is 0. The number of rotatable bonds is 1. The molecule has 0 saturated carbocycles. The lowest BCUT2D eigenvalue weighted by Gasteiger charge is -2.42. The van der Waals surface area contributed by atoms with Crippen molar-refractivity contribution in [1.29, 1.82) is 0 Å². The van der Waals surface area contributed by atoms with Crippen LogP contribution in [0.15, 0.2) is 54.6 Å². The van der Waals surface area contributed by atoms with E-state index >= 15 is 0 Å². The van der Waals surface area contributed by atoms with Gasteiger partial charge in [0.25, 0.3) is 5.91 Å². The number of hydrogen-bond acceptors (Lipinski definition) is 4. The van der Waals surface area contributed by atoms with Crippen LogP contribution < -0.4 is 9.80 Å². The molecule has 0 bridgehead atoms. The van der Waals surface area contributed by atoms with Gasteiger partial charge in [0, 0.05) is 24.3 Å². The molecule has 4 aliphatic rings. The van der Waals surface area contributed by atoms with Crippen molar-refractivity contribution in [3.05, 3.63) is 60.2 Å². The zero-order chi connectivity index (χ0) is 20.6. The van der Waals surface area contributed by atoms with E-state index in [2.05, 4.69) is 4.90 Å². The van der Waals surface area contributed by atoms with Crippen LogP contribution in [0.25, 0.3) is 0 Å². The van der Waals surface area contributed by atoms with Crippen LogP contribution in [0.5, 0.6) is 0 Å². The number of anilines is 2. The highest BCUT2D eigenvalue weighted by Gasteiger charge is 2.74. The smallest absolute Gasteiger partial charge is 0.252 e. The number of hydrogen-bond donors (Lipinski definition) is 0. The summed E-state index contributed by atoms with van der Waals surface area (Å²) in [5.41, 5.74) is 1.21. The molecule has 0 unspecified atom stereocenters. The Balaban J connectivity index is 1.59. The standard InChI is InChI=1S/C24H23N3O3/c1-25-17-12-6-5-11-16(17)24(23(25)30)20-19(18-13-7-8-14-26(18)24)21(28)27(22(20)29)15-9-3-2-4-10-15/h2-6,9-12,18-20H,7-8,13-14H2,1H3/t18-,19-,20-,24-/m1/s1. The molecule has 6 heteroatoms. The molecule has 6 nitrogen and oxygen atoms in total. The highest BCUT2D eigenvalue weighted by atomic mass is 16.2. The van der Waals surface area contributed by atoms with Gasteiger partial charge in [-0.05, 0) is 37.6 Å². The van der Waals surface area contributed by atoms with E-state index in [4.69, 9.17) is 0 Å². The Morgan fingerprint density at radius 1 is 0.900 bits per heavy atom. The molecule has 4 atom stereocenters. The zero-order valence-corrected chi connectivity index (χ0v) is 16.8. The molecule has 3 saturated heterocycles. The predicted molar refractivity (Wildman–Crippen MR) is 112 cm³/mol. The van der Waals surface area contributed by atoms with E-state index in [0.29, 0.717) is 5.69 Å². The Bertz CT molecular complexity index is 1080.